The Bertz CT molecular complexity index is 671. The zero-order valence-corrected chi connectivity index (χ0v) is 11.3. The summed E-state index contributed by atoms with van der Waals surface area (Å²) in [6, 6.07) is 3.87. The quantitative estimate of drug-likeness (QED) is 0.800. The van der Waals surface area contributed by atoms with Gasteiger partial charge in [-0.15, -0.1) is 11.3 Å². The second-order valence-corrected chi connectivity index (χ2v) is 6.14. The fourth-order valence-electron chi connectivity index (χ4n) is 1.62. The summed E-state index contributed by atoms with van der Waals surface area (Å²) < 4.78 is 12.1. The second kappa shape index (κ2) is 4.62. The SMILES string of the molecule is Cc1ccc(C[S@@](=O)c2nc3cscc3[nH]2)nc1. The molecule has 0 saturated heterocycles. The molecule has 3 aromatic rings. The van der Waals surface area contributed by atoms with E-state index in [1.807, 2.05) is 29.8 Å². The van der Waals surface area contributed by atoms with Crippen molar-refractivity contribution in [3.8, 4) is 0 Å². The molecule has 0 aromatic carbocycles. The van der Waals surface area contributed by atoms with Crippen LogP contribution in [0.4, 0.5) is 0 Å². The molecule has 1 atom stereocenters. The van der Waals surface area contributed by atoms with Crippen LogP contribution in [-0.2, 0) is 16.6 Å². The fourth-order valence-corrected chi connectivity index (χ4v) is 3.31. The molecule has 0 bridgehead atoms. The van der Waals surface area contributed by atoms with Gasteiger partial charge in [0.05, 0.1) is 27.8 Å². The predicted octanol–water partition coefficient (Wildman–Crippen LogP) is 2.64. The predicted molar refractivity (Wildman–Crippen MR) is 73.1 cm³/mol. The van der Waals surface area contributed by atoms with Crippen LogP contribution in [0.2, 0.25) is 0 Å². The molecule has 0 fully saturated rings. The van der Waals surface area contributed by atoms with Crippen LogP contribution in [0.1, 0.15) is 11.3 Å². The maximum atomic E-state index is 12.1. The number of hydrogen-bond acceptors (Lipinski definition) is 4. The highest BCUT2D eigenvalue weighted by Gasteiger charge is 2.11. The highest BCUT2D eigenvalue weighted by Crippen LogP contribution is 2.18. The van der Waals surface area contributed by atoms with E-state index >= 15 is 0 Å². The zero-order valence-electron chi connectivity index (χ0n) is 9.71. The van der Waals surface area contributed by atoms with Crippen LogP contribution < -0.4 is 0 Å². The van der Waals surface area contributed by atoms with Crippen molar-refractivity contribution in [2.24, 2.45) is 0 Å². The molecule has 0 unspecified atom stereocenters. The Kier molecular flexibility index (Phi) is 2.97. The number of hydrogen-bond donors (Lipinski definition) is 1. The lowest BCUT2D eigenvalue weighted by atomic mass is 10.3. The van der Waals surface area contributed by atoms with Crippen LogP contribution in [0.25, 0.3) is 11.0 Å². The Morgan fingerprint density at radius 2 is 2.28 bits per heavy atom. The van der Waals surface area contributed by atoms with E-state index < -0.39 is 10.8 Å². The molecule has 0 saturated carbocycles. The van der Waals surface area contributed by atoms with E-state index in [-0.39, 0.29) is 0 Å². The summed E-state index contributed by atoms with van der Waals surface area (Å²) in [7, 11) is -1.18. The molecule has 4 nitrogen and oxygen atoms in total. The van der Waals surface area contributed by atoms with Crippen molar-refractivity contribution < 1.29 is 4.21 Å². The number of nitrogens with one attached hydrogen (secondary N) is 1. The number of nitrogens with zero attached hydrogens (tertiary/aromatic N) is 2. The smallest absolute Gasteiger partial charge is 0.197 e. The van der Waals surface area contributed by atoms with E-state index in [1.165, 1.54) is 0 Å². The normalized spacial score (nSPS) is 12.9. The fraction of sp³-hybridized carbons (Fsp3) is 0.167. The van der Waals surface area contributed by atoms with Crippen molar-refractivity contribution in [1.29, 1.82) is 0 Å². The van der Waals surface area contributed by atoms with Crippen molar-refractivity contribution in [2.45, 2.75) is 17.8 Å². The highest BCUT2D eigenvalue weighted by atomic mass is 32.2. The number of imidazole rings is 1. The summed E-state index contributed by atoms with van der Waals surface area (Å²) >= 11 is 1.58. The Morgan fingerprint density at radius 3 is 3.00 bits per heavy atom. The number of pyridine rings is 1. The van der Waals surface area contributed by atoms with Gasteiger partial charge in [0.1, 0.15) is 5.52 Å². The van der Waals surface area contributed by atoms with Crippen molar-refractivity contribution in [3.63, 3.8) is 0 Å². The molecule has 0 aliphatic carbocycles. The number of fused-ring (bicyclic) bond motifs is 1. The average molecular weight is 277 g/mol. The Labute approximate surface area is 111 Å². The lowest BCUT2D eigenvalue weighted by Gasteiger charge is -1.99. The number of aromatic amines is 1. The minimum absolute atomic E-state index is 0.389. The number of rotatable bonds is 3. The van der Waals surface area contributed by atoms with Gasteiger partial charge in [-0.05, 0) is 18.6 Å². The van der Waals surface area contributed by atoms with E-state index in [4.69, 9.17) is 0 Å². The third-order valence-electron chi connectivity index (χ3n) is 2.57. The molecule has 92 valence electrons. The average Bonchev–Trinajstić information content (AvgIpc) is 2.92. The summed E-state index contributed by atoms with van der Waals surface area (Å²) in [4.78, 5) is 11.6. The summed E-state index contributed by atoms with van der Waals surface area (Å²) in [5, 5.41) is 4.43. The van der Waals surface area contributed by atoms with Gasteiger partial charge in [0, 0.05) is 17.0 Å². The molecule has 3 aromatic heterocycles. The van der Waals surface area contributed by atoms with Crippen LogP contribution in [0.15, 0.2) is 34.2 Å². The van der Waals surface area contributed by atoms with Crippen LogP contribution in [0.3, 0.4) is 0 Å². The van der Waals surface area contributed by atoms with Crippen molar-refractivity contribution in [3.05, 3.63) is 40.3 Å². The van der Waals surface area contributed by atoms with E-state index in [0.29, 0.717) is 10.9 Å². The van der Waals surface area contributed by atoms with E-state index in [0.717, 1.165) is 22.3 Å². The van der Waals surface area contributed by atoms with Gasteiger partial charge in [-0.25, -0.2) is 4.98 Å². The van der Waals surface area contributed by atoms with Gasteiger partial charge >= 0.3 is 0 Å². The first-order valence-electron chi connectivity index (χ1n) is 5.44. The van der Waals surface area contributed by atoms with Gasteiger partial charge in [0.2, 0.25) is 0 Å². The zero-order chi connectivity index (χ0) is 12.5. The molecule has 0 radical (unpaired) electrons. The number of thiophene rings is 1. The summed E-state index contributed by atoms with van der Waals surface area (Å²) in [6.07, 6.45) is 1.78. The van der Waals surface area contributed by atoms with Gasteiger partial charge in [-0.2, -0.15) is 0 Å². The molecule has 3 rings (SSSR count). The van der Waals surface area contributed by atoms with Crippen LogP contribution >= 0.6 is 11.3 Å². The molecular formula is C12H11N3OS2. The number of aryl methyl sites for hydroxylation is 1. The van der Waals surface area contributed by atoms with E-state index in [9.17, 15) is 4.21 Å². The largest absolute Gasteiger partial charge is 0.330 e. The molecule has 0 amide bonds. The first-order chi connectivity index (χ1) is 8.72. The minimum atomic E-state index is -1.18. The maximum Gasteiger partial charge on any atom is 0.197 e. The molecule has 6 heteroatoms. The van der Waals surface area contributed by atoms with Gasteiger partial charge in [-0.1, -0.05) is 6.07 Å². The first kappa shape index (κ1) is 11.6. The molecule has 18 heavy (non-hydrogen) atoms. The Morgan fingerprint density at radius 1 is 1.39 bits per heavy atom. The van der Waals surface area contributed by atoms with Gasteiger partial charge in [-0.3, -0.25) is 9.19 Å². The molecule has 0 aliphatic rings. The van der Waals surface area contributed by atoms with Gasteiger partial charge in [0.25, 0.3) is 0 Å². The molecule has 1 N–H and O–H groups in total. The van der Waals surface area contributed by atoms with Crippen LogP contribution in [0, 0.1) is 6.92 Å². The van der Waals surface area contributed by atoms with Crippen molar-refractivity contribution in [1.82, 2.24) is 15.0 Å². The number of H-pyrrole nitrogens is 1. The lowest BCUT2D eigenvalue weighted by molar-refractivity contribution is 0.677. The van der Waals surface area contributed by atoms with Crippen LogP contribution in [0.5, 0.6) is 0 Å². The second-order valence-electron chi connectivity index (χ2n) is 4.03. The Balaban J connectivity index is 1.82. The third kappa shape index (κ3) is 2.21. The molecule has 0 spiro atoms. The van der Waals surface area contributed by atoms with E-state index in [2.05, 4.69) is 15.0 Å². The first-order valence-corrected chi connectivity index (χ1v) is 7.70. The van der Waals surface area contributed by atoms with Crippen molar-refractivity contribution in [2.75, 3.05) is 0 Å². The standard InChI is InChI=1S/C12H11N3OS2/c1-8-2-3-9(13-4-8)7-18(16)12-14-10-5-17-6-11(10)15-12/h2-6H,7H2,1H3,(H,14,15)/t18-/m1/s1. The highest BCUT2D eigenvalue weighted by molar-refractivity contribution is 7.84. The van der Waals surface area contributed by atoms with Crippen LogP contribution in [-0.4, -0.2) is 19.2 Å². The summed E-state index contributed by atoms with van der Waals surface area (Å²) in [6.45, 7) is 1.98. The lowest BCUT2D eigenvalue weighted by Crippen LogP contribution is -2.00. The minimum Gasteiger partial charge on any atom is -0.330 e. The maximum absolute atomic E-state index is 12.1. The van der Waals surface area contributed by atoms with Gasteiger partial charge < -0.3 is 4.98 Å². The monoisotopic (exact) mass is 277 g/mol. The molecule has 3 heterocycles. The number of aromatic nitrogens is 3. The molecule has 0 aliphatic heterocycles. The Hall–Kier alpha value is -1.53. The summed E-state index contributed by atoms with van der Waals surface area (Å²) in [5.74, 6) is 0.389. The van der Waals surface area contributed by atoms with Gasteiger partial charge in [0.15, 0.2) is 5.16 Å². The van der Waals surface area contributed by atoms with Crippen molar-refractivity contribution >= 4 is 33.2 Å². The summed E-state index contributed by atoms with van der Waals surface area (Å²) in [5.41, 5.74) is 3.74. The third-order valence-corrected chi connectivity index (χ3v) is 4.49. The topological polar surface area (TPSA) is 58.6 Å². The molecular weight excluding hydrogens is 266 g/mol. The van der Waals surface area contributed by atoms with E-state index in [1.54, 1.807) is 17.5 Å².